The molecule has 11 nitrogen and oxygen atoms in total. The van der Waals surface area contributed by atoms with Crippen LogP contribution in [0.1, 0.15) is 80.1 Å². The number of hydrogen-bond donors (Lipinski definition) is 6. The van der Waals surface area contributed by atoms with E-state index in [4.69, 9.17) is 24.7 Å². The van der Waals surface area contributed by atoms with Gasteiger partial charge in [-0.1, -0.05) is 34.6 Å². The van der Waals surface area contributed by atoms with Crippen LogP contribution in [0.2, 0.25) is 0 Å². The Morgan fingerprint density at radius 1 is 1.08 bits per heavy atom. The van der Waals surface area contributed by atoms with Gasteiger partial charge in [0, 0.05) is 5.92 Å². The molecule has 12 atom stereocenters. The monoisotopic (exact) mass is 546 g/mol. The van der Waals surface area contributed by atoms with Gasteiger partial charge in [0.25, 0.3) is 5.91 Å². The zero-order valence-electron chi connectivity index (χ0n) is 23.7. The van der Waals surface area contributed by atoms with Crippen LogP contribution in [0.5, 0.6) is 0 Å². The molecule has 38 heavy (non-hydrogen) atoms. The minimum absolute atomic E-state index is 0.0238. The smallest absolute Gasteiger partial charge is 0.252 e. The van der Waals surface area contributed by atoms with E-state index in [-0.39, 0.29) is 37.5 Å². The molecule has 7 N–H and O–H groups in total. The number of rotatable bonds is 9. The van der Waals surface area contributed by atoms with Crippen LogP contribution in [0.25, 0.3) is 0 Å². The highest BCUT2D eigenvalue weighted by Crippen LogP contribution is 2.36. The molecule has 3 rings (SSSR count). The predicted molar refractivity (Wildman–Crippen MR) is 139 cm³/mol. The second kappa shape index (κ2) is 12.7. The minimum atomic E-state index is -1.56. The fourth-order valence-electron chi connectivity index (χ4n) is 5.66. The standard InChI is InChI=1S/C27H50N2O9/c1-7-16-10-11-17(28)23(36-16)37-21-14(4)12-18(29-25(32)27(34,8-2)9-3)22(20(21)31)38-24-19(30)15(5)26(6,33)13-35-24/h14-24,30-31,33-34H,7-13,28H2,1-6H3,(H,29,32)/t14-,15+,16+,17?,18+,19?,20?,21?,22?,23+,24+,26?/m0/s1. The summed E-state index contributed by atoms with van der Waals surface area (Å²) < 4.78 is 24.2. The first-order chi connectivity index (χ1) is 17.8. The highest BCUT2D eigenvalue weighted by Gasteiger charge is 2.51. The van der Waals surface area contributed by atoms with Crippen LogP contribution in [0.4, 0.5) is 0 Å². The number of aliphatic hydroxyl groups is 4. The van der Waals surface area contributed by atoms with Gasteiger partial charge in [0.1, 0.15) is 23.9 Å². The normalized spacial score (nSPS) is 44.6. The van der Waals surface area contributed by atoms with Gasteiger partial charge in [-0.25, -0.2) is 0 Å². The Bertz CT molecular complexity index is 780. The van der Waals surface area contributed by atoms with Gasteiger partial charge in [-0.2, -0.15) is 0 Å². The molecule has 3 fully saturated rings. The predicted octanol–water partition coefficient (Wildman–Crippen LogP) is 0.540. The van der Waals surface area contributed by atoms with Gasteiger partial charge in [-0.3, -0.25) is 4.79 Å². The number of carbonyl (C=O) groups excluding carboxylic acids is 1. The van der Waals surface area contributed by atoms with E-state index < -0.39 is 66.1 Å². The Morgan fingerprint density at radius 3 is 2.32 bits per heavy atom. The first-order valence-electron chi connectivity index (χ1n) is 14.2. The van der Waals surface area contributed by atoms with Crippen molar-refractivity contribution in [3.63, 3.8) is 0 Å². The number of nitrogens with one attached hydrogen (secondary N) is 1. The topological polar surface area (TPSA) is 173 Å². The fraction of sp³-hybridized carbons (Fsp3) is 0.963. The van der Waals surface area contributed by atoms with Crippen LogP contribution in [0.3, 0.4) is 0 Å². The minimum Gasteiger partial charge on any atom is -0.388 e. The quantitative estimate of drug-likeness (QED) is 0.240. The summed E-state index contributed by atoms with van der Waals surface area (Å²) in [4.78, 5) is 13.1. The Kier molecular flexibility index (Phi) is 10.6. The molecular formula is C27H50N2O9. The van der Waals surface area contributed by atoms with Crippen molar-refractivity contribution in [2.24, 2.45) is 17.6 Å². The van der Waals surface area contributed by atoms with Crippen molar-refractivity contribution in [3.8, 4) is 0 Å². The molecule has 0 bridgehead atoms. The molecule has 3 aliphatic rings. The van der Waals surface area contributed by atoms with Gasteiger partial charge < -0.3 is 50.4 Å². The maximum absolute atomic E-state index is 13.1. The van der Waals surface area contributed by atoms with Crippen molar-refractivity contribution in [2.75, 3.05) is 6.61 Å². The van der Waals surface area contributed by atoms with E-state index in [1.807, 2.05) is 13.8 Å². The zero-order valence-corrected chi connectivity index (χ0v) is 23.7. The molecule has 11 heteroatoms. The summed E-state index contributed by atoms with van der Waals surface area (Å²) in [7, 11) is 0. The number of carbonyl (C=O) groups is 1. The van der Waals surface area contributed by atoms with Gasteiger partial charge >= 0.3 is 0 Å². The van der Waals surface area contributed by atoms with Crippen LogP contribution >= 0.6 is 0 Å². The molecule has 0 spiro atoms. The average Bonchev–Trinajstić information content (AvgIpc) is 2.89. The number of nitrogens with two attached hydrogens (primary N) is 1. The third-order valence-corrected chi connectivity index (χ3v) is 9.01. The lowest BCUT2D eigenvalue weighted by Crippen LogP contribution is -2.65. The van der Waals surface area contributed by atoms with Crippen LogP contribution in [-0.4, -0.2) is 99.3 Å². The van der Waals surface area contributed by atoms with Gasteiger partial charge in [0.2, 0.25) is 0 Å². The molecule has 0 aromatic carbocycles. The van der Waals surface area contributed by atoms with Crippen molar-refractivity contribution in [1.29, 1.82) is 0 Å². The molecule has 1 amide bonds. The molecule has 2 aliphatic heterocycles. The van der Waals surface area contributed by atoms with Crippen molar-refractivity contribution in [2.45, 2.75) is 146 Å². The van der Waals surface area contributed by atoms with E-state index in [9.17, 15) is 25.2 Å². The van der Waals surface area contributed by atoms with E-state index in [2.05, 4.69) is 5.32 Å². The summed E-state index contributed by atoms with van der Waals surface area (Å²) in [6.45, 7) is 10.6. The summed E-state index contributed by atoms with van der Waals surface area (Å²) in [5.74, 6) is -1.34. The van der Waals surface area contributed by atoms with Crippen molar-refractivity contribution in [3.05, 3.63) is 0 Å². The van der Waals surface area contributed by atoms with Crippen LogP contribution in [-0.2, 0) is 23.7 Å². The SMILES string of the molecule is CC[C@@H]1CCC(N)[C@@H](OC2C(O)C(O[C@H]3OCC(C)(O)[C@H](C)C3O)[C@H](NC(=O)C(O)(CC)CC)C[C@@H]2C)O1. The number of aliphatic hydroxyl groups excluding tert-OH is 2. The lowest BCUT2D eigenvalue weighted by atomic mass is 9.79. The molecule has 1 aliphatic carbocycles. The molecule has 0 radical (unpaired) electrons. The van der Waals surface area contributed by atoms with Crippen molar-refractivity contribution >= 4 is 5.91 Å². The third-order valence-electron chi connectivity index (χ3n) is 9.01. The Hall–Kier alpha value is -0.890. The summed E-state index contributed by atoms with van der Waals surface area (Å²) in [5.41, 5.74) is 3.49. The van der Waals surface area contributed by atoms with E-state index in [1.54, 1.807) is 27.7 Å². The lowest BCUT2D eigenvalue weighted by molar-refractivity contribution is -0.316. The average molecular weight is 547 g/mol. The summed E-state index contributed by atoms with van der Waals surface area (Å²) in [5, 5.41) is 46.6. The Morgan fingerprint density at radius 2 is 1.71 bits per heavy atom. The van der Waals surface area contributed by atoms with Gasteiger partial charge in [-0.15, -0.1) is 0 Å². The first kappa shape index (κ1) is 31.6. The maximum Gasteiger partial charge on any atom is 0.252 e. The fourth-order valence-corrected chi connectivity index (χ4v) is 5.66. The second-order valence-corrected chi connectivity index (χ2v) is 11.8. The highest BCUT2D eigenvalue weighted by atomic mass is 16.7. The number of hydrogen-bond acceptors (Lipinski definition) is 10. The van der Waals surface area contributed by atoms with Crippen molar-refractivity contribution in [1.82, 2.24) is 5.32 Å². The third kappa shape index (κ3) is 6.70. The summed E-state index contributed by atoms with van der Waals surface area (Å²) in [6, 6.07) is -1.04. The largest absolute Gasteiger partial charge is 0.388 e. The van der Waals surface area contributed by atoms with E-state index in [0.29, 0.717) is 6.42 Å². The summed E-state index contributed by atoms with van der Waals surface area (Å²) >= 11 is 0. The van der Waals surface area contributed by atoms with Gasteiger partial charge in [0.05, 0.1) is 36.5 Å². The summed E-state index contributed by atoms with van der Waals surface area (Å²) in [6.07, 6.45) is -2.75. The Labute approximate surface area is 226 Å². The first-order valence-corrected chi connectivity index (χ1v) is 14.2. The number of amides is 1. The zero-order chi connectivity index (χ0) is 28.4. The molecule has 0 aromatic rings. The number of ether oxygens (including phenoxy) is 4. The maximum atomic E-state index is 13.1. The lowest BCUT2D eigenvalue weighted by Gasteiger charge is -2.49. The molecule has 1 saturated carbocycles. The van der Waals surface area contributed by atoms with Gasteiger partial charge in [0.15, 0.2) is 12.6 Å². The van der Waals surface area contributed by atoms with E-state index >= 15 is 0 Å². The van der Waals surface area contributed by atoms with E-state index in [1.165, 1.54) is 0 Å². The van der Waals surface area contributed by atoms with Gasteiger partial charge in [-0.05, 0) is 51.4 Å². The molecule has 0 aromatic heterocycles. The molecule has 222 valence electrons. The van der Waals surface area contributed by atoms with Crippen LogP contribution in [0.15, 0.2) is 0 Å². The van der Waals surface area contributed by atoms with E-state index in [0.717, 1.165) is 19.3 Å². The van der Waals surface area contributed by atoms with Crippen LogP contribution < -0.4 is 11.1 Å². The highest BCUT2D eigenvalue weighted by molar-refractivity contribution is 5.85. The molecular weight excluding hydrogens is 496 g/mol. The molecule has 2 heterocycles. The second-order valence-electron chi connectivity index (χ2n) is 11.8. The molecule has 6 unspecified atom stereocenters. The Balaban J connectivity index is 1.84. The van der Waals surface area contributed by atoms with Crippen molar-refractivity contribution < 1.29 is 44.2 Å². The molecule has 2 saturated heterocycles. The van der Waals surface area contributed by atoms with Crippen LogP contribution in [0, 0.1) is 11.8 Å².